The second-order valence-electron chi connectivity index (χ2n) is 9.46. The molecule has 1 heterocycles. The first-order chi connectivity index (χ1) is 17.6. The van der Waals surface area contributed by atoms with Crippen molar-refractivity contribution in [3.05, 3.63) is 100 Å². The molecule has 0 spiro atoms. The van der Waals surface area contributed by atoms with Crippen molar-refractivity contribution in [1.82, 2.24) is 9.62 Å². The van der Waals surface area contributed by atoms with Crippen molar-refractivity contribution in [2.24, 2.45) is 5.92 Å². The van der Waals surface area contributed by atoms with Gasteiger partial charge in [0.25, 0.3) is 5.91 Å². The highest BCUT2D eigenvalue weighted by molar-refractivity contribution is 7.97. The van der Waals surface area contributed by atoms with Gasteiger partial charge in [-0.05, 0) is 53.6 Å². The lowest BCUT2D eigenvalue weighted by molar-refractivity contribution is 0.0375. The van der Waals surface area contributed by atoms with Crippen molar-refractivity contribution >= 4 is 17.9 Å². The van der Waals surface area contributed by atoms with E-state index in [1.54, 1.807) is 12.3 Å². The summed E-state index contributed by atoms with van der Waals surface area (Å²) in [6.45, 7) is 2.21. The molecule has 1 saturated carbocycles. The molecule has 0 unspecified atom stereocenters. The molecule has 5 nitrogen and oxygen atoms in total. The van der Waals surface area contributed by atoms with E-state index in [-0.39, 0.29) is 11.6 Å². The number of carbonyl (C=O) groups excluding carboxylic acids is 1. The molecule has 36 heavy (non-hydrogen) atoms. The predicted octanol–water partition coefficient (Wildman–Crippen LogP) is 5.68. The van der Waals surface area contributed by atoms with Crippen LogP contribution in [0.4, 0.5) is 4.39 Å². The lowest BCUT2D eigenvalue weighted by Crippen LogP contribution is -2.51. The van der Waals surface area contributed by atoms with Crippen LogP contribution in [0.5, 0.6) is 5.75 Å². The summed E-state index contributed by atoms with van der Waals surface area (Å²) in [5, 5.41) is 9.16. The van der Waals surface area contributed by atoms with Crippen LogP contribution in [-0.2, 0) is 0 Å². The molecule has 1 saturated heterocycles. The third-order valence-corrected chi connectivity index (χ3v) is 7.24. The van der Waals surface area contributed by atoms with Gasteiger partial charge in [0.1, 0.15) is 11.6 Å². The van der Waals surface area contributed by atoms with Crippen molar-refractivity contribution in [3.8, 4) is 11.8 Å². The zero-order chi connectivity index (χ0) is 25.1. The molecule has 0 radical (unpaired) electrons. The third-order valence-electron chi connectivity index (χ3n) is 6.85. The summed E-state index contributed by atoms with van der Waals surface area (Å²) in [7, 11) is 0. The Morgan fingerprint density at radius 1 is 1.14 bits per heavy atom. The van der Waals surface area contributed by atoms with E-state index in [1.807, 2.05) is 42.5 Å². The Labute approximate surface area is 215 Å². The monoisotopic (exact) mass is 501 g/mol. The number of likely N-dealkylation sites (tertiary alicyclic amines) is 1. The topological polar surface area (TPSA) is 65.4 Å². The van der Waals surface area contributed by atoms with Gasteiger partial charge in [-0.1, -0.05) is 54.4 Å². The molecular weight excluding hydrogens is 473 g/mol. The van der Waals surface area contributed by atoms with Crippen molar-refractivity contribution in [3.63, 3.8) is 0 Å². The molecule has 0 bridgehead atoms. The summed E-state index contributed by atoms with van der Waals surface area (Å²) in [6.07, 6.45) is 3.80. The quantitative estimate of drug-likeness (QED) is 0.382. The van der Waals surface area contributed by atoms with Crippen LogP contribution >= 0.6 is 11.9 Å². The number of nitrogens with one attached hydrogen (secondary N) is 1. The minimum atomic E-state index is -0.554. The van der Waals surface area contributed by atoms with Gasteiger partial charge in [-0.25, -0.2) is 4.39 Å². The molecule has 2 aliphatic rings. The number of rotatable bonds is 9. The average molecular weight is 502 g/mol. The van der Waals surface area contributed by atoms with E-state index in [0.29, 0.717) is 29.8 Å². The summed E-state index contributed by atoms with van der Waals surface area (Å²) < 4.78 is 23.5. The fourth-order valence-corrected chi connectivity index (χ4v) is 5.15. The largest absolute Gasteiger partial charge is 0.493 e. The van der Waals surface area contributed by atoms with Crippen molar-refractivity contribution in [1.29, 1.82) is 5.26 Å². The van der Waals surface area contributed by atoms with Crippen molar-refractivity contribution < 1.29 is 13.9 Å². The molecule has 5 rings (SSSR count). The first kappa shape index (κ1) is 24.4. The number of benzene rings is 3. The van der Waals surface area contributed by atoms with Crippen LogP contribution in [0.1, 0.15) is 57.4 Å². The molecule has 7 heteroatoms. The maximum Gasteiger partial charge on any atom is 0.264 e. The summed E-state index contributed by atoms with van der Waals surface area (Å²) >= 11 is 1.16. The van der Waals surface area contributed by atoms with Gasteiger partial charge in [0.15, 0.2) is 0 Å². The Bertz CT molecular complexity index is 1270. The van der Waals surface area contributed by atoms with Crippen LogP contribution < -0.4 is 9.46 Å². The molecule has 184 valence electrons. The maximum absolute atomic E-state index is 14.7. The highest BCUT2D eigenvalue weighted by atomic mass is 32.2. The number of halogens is 1. The van der Waals surface area contributed by atoms with Gasteiger partial charge in [0.05, 0.1) is 29.8 Å². The number of ether oxygens (including phenoxy) is 1. The van der Waals surface area contributed by atoms with Gasteiger partial charge in [-0.2, -0.15) is 5.26 Å². The summed E-state index contributed by atoms with van der Waals surface area (Å²) in [4.78, 5) is 14.6. The number of nitriles is 1. The zero-order valence-corrected chi connectivity index (χ0v) is 20.9. The van der Waals surface area contributed by atoms with Crippen LogP contribution in [0.2, 0.25) is 0 Å². The lowest BCUT2D eigenvalue weighted by Gasteiger charge is -2.44. The van der Waals surface area contributed by atoms with E-state index < -0.39 is 11.7 Å². The third kappa shape index (κ3) is 5.25. The minimum Gasteiger partial charge on any atom is -0.493 e. The number of amides is 1. The molecule has 3 aromatic rings. The van der Waals surface area contributed by atoms with Crippen molar-refractivity contribution in [2.45, 2.75) is 24.8 Å². The van der Waals surface area contributed by atoms with E-state index in [1.165, 1.54) is 11.6 Å². The van der Waals surface area contributed by atoms with Crippen LogP contribution in [0.15, 0.2) is 66.7 Å². The second-order valence-corrected chi connectivity index (χ2v) is 10.1. The molecule has 1 atom stereocenters. The molecule has 1 aliphatic carbocycles. The number of carbonyl (C=O) groups is 1. The van der Waals surface area contributed by atoms with Gasteiger partial charge in [0, 0.05) is 31.3 Å². The first-order valence-electron chi connectivity index (χ1n) is 12.2. The standard InChI is InChI=1S/C29H28FN3O2S/c1-36-32-29(34)25-13-24(21-11-12-21)27(14-26(25)30)35-18-20-16-33(17-20)28(22-5-3-2-4-6-22)23-9-7-19(15-31)8-10-23/h2-10,13-14,20-21,28H,11-12,16-18H2,1H3,(H,32,34)/t28-/m0/s1. The van der Waals surface area contributed by atoms with E-state index in [0.717, 1.165) is 49.0 Å². The molecule has 3 aromatic carbocycles. The van der Waals surface area contributed by atoms with Crippen LogP contribution in [0.3, 0.4) is 0 Å². The molecule has 1 amide bonds. The molecule has 1 aliphatic heterocycles. The lowest BCUT2D eigenvalue weighted by atomic mass is 9.90. The number of nitrogens with zero attached hydrogens (tertiary/aromatic N) is 2. The fourth-order valence-electron chi connectivity index (χ4n) is 4.85. The minimum absolute atomic E-state index is 0.0709. The highest BCUT2D eigenvalue weighted by Gasteiger charge is 2.35. The Morgan fingerprint density at radius 2 is 1.83 bits per heavy atom. The maximum atomic E-state index is 14.7. The van der Waals surface area contributed by atoms with Crippen LogP contribution in [0.25, 0.3) is 0 Å². The summed E-state index contributed by atoms with van der Waals surface area (Å²) in [5.41, 5.74) is 4.01. The van der Waals surface area contributed by atoms with Crippen LogP contribution in [-0.4, -0.2) is 36.8 Å². The van der Waals surface area contributed by atoms with Gasteiger partial charge < -0.3 is 4.74 Å². The van der Waals surface area contributed by atoms with Crippen molar-refractivity contribution in [2.75, 3.05) is 26.0 Å². The molecular formula is C29H28FN3O2S. The number of hydrogen-bond acceptors (Lipinski definition) is 5. The molecule has 1 N–H and O–H groups in total. The van der Waals surface area contributed by atoms with Crippen LogP contribution in [0, 0.1) is 23.1 Å². The zero-order valence-electron chi connectivity index (χ0n) is 20.1. The van der Waals surface area contributed by atoms with Gasteiger partial charge in [0.2, 0.25) is 0 Å². The highest BCUT2D eigenvalue weighted by Crippen LogP contribution is 2.45. The van der Waals surface area contributed by atoms with E-state index in [4.69, 9.17) is 10.00 Å². The van der Waals surface area contributed by atoms with E-state index in [9.17, 15) is 9.18 Å². The molecule has 2 fully saturated rings. The predicted molar refractivity (Wildman–Crippen MR) is 139 cm³/mol. The van der Waals surface area contributed by atoms with Gasteiger partial charge in [-0.3, -0.25) is 14.4 Å². The summed E-state index contributed by atoms with van der Waals surface area (Å²) in [6, 6.07) is 23.5. The summed E-state index contributed by atoms with van der Waals surface area (Å²) in [5.74, 6) is 0.238. The average Bonchev–Trinajstić information content (AvgIpc) is 3.71. The second kappa shape index (κ2) is 10.7. The Hall–Kier alpha value is -3.34. The fraction of sp³-hybridized carbons (Fsp3) is 0.310. The Kier molecular flexibility index (Phi) is 7.26. The van der Waals surface area contributed by atoms with E-state index in [2.05, 4.69) is 27.8 Å². The Morgan fingerprint density at radius 3 is 2.47 bits per heavy atom. The normalized spacial score (nSPS) is 16.6. The van der Waals surface area contributed by atoms with Gasteiger partial charge in [-0.15, -0.1) is 0 Å². The number of hydrogen-bond donors (Lipinski definition) is 1. The van der Waals surface area contributed by atoms with Gasteiger partial charge >= 0.3 is 0 Å². The first-order valence-corrected chi connectivity index (χ1v) is 13.4. The smallest absolute Gasteiger partial charge is 0.264 e. The Balaban J connectivity index is 1.27. The van der Waals surface area contributed by atoms with E-state index >= 15 is 0 Å². The molecule has 0 aromatic heterocycles. The SMILES string of the molecule is CSNC(=O)c1cc(C2CC2)c(OCC2CN([C@@H](c3ccccc3)c3ccc(C#N)cc3)C2)cc1F.